The van der Waals surface area contributed by atoms with Crippen LogP contribution in [0.25, 0.3) is 0 Å². The van der Waals surface area contributed by atoms with Crippen LogP contribution in [-0.4, -0.2) is 18.8 Å². The summed E-state index contributed by atoms with van der Waals surface area (Å²) in [5.41, 5.74) is -5.49. The van der Waals surface area contributed by atoms with Gasteiger partial charge in [0.1, 0.15) is 5.82 Å². The van der Waals surface area contributed by atoms with Crippen molar-refractivity contribution in [3.63, 3.8) is 0 Å². The third-order valence-electron chi connectivity index (χ3n) is 2.79. The molecular weight excluding hydrogens is 376 g/mol. The summed E-state index contributed by atoms with van der Waals surface area (Å²) < 4.78 is 74.2. The predicted molar refractivity (Wildman–Crippen MR) is 75.5 cm³/mol. The van der Waals surface area contributed by atoms with E-state index in [-0.39, 0.29) is 22.7 Å². The van der Waals surface area contributed by atoms with Crippen molar-refractivity contribution in [3.8, 4) is 0 Å². The zero-order valence-corrected chi connectivity index (χ0v) is 13.8. The zero-order valence-electron chi connectivity index (χ0n) is 11.4. The van der Waals surface area contributed by atoms with Gasteiger partial charge >= 0.3 is 5.51 Å². The number of sulfone groups is 1. The minimum Gasteiger partial charge on any atom is -0.214 e. The van der Waals surface area contributed by atoms with Gasteiger partial charge in [-0.25, -0.2) is 12.8 Å². The molecule has 1 rings (SSSR count). The van der Waals surface area contributed by atoms with Crippen molar-refractivity contribution in [1.82, 2.24) is 0 Å². The number of hydrogen-bond acceptors (Lipinski definition) is 2. The van der Waals surface area contributed by atoms with Crippen molar-refractivity contribution >= 4 is 25.8 Å². The van der Waals surface area contributed by atoms with Crippen LogP contribution in [0.1, 0.15) is 25.8 Å². The normalized spacial score (nSPS) is 14.5. The van der Waals surface area contributed by atoms with Crippen molar-refractivity contribution in [1.29, 1.82) is 0 Å². The smallest absolute Gasteiger partial charge is 0.214 e. The lowest BCUT2D eigenvalue weighted by Crippen LogP contribution is -2.25. The SMILES string of the molecule is CC(C)CC(Br)Cc1ccc(F)cc1S(=O)(=O)C(F)(F)F. The average molecular weight is 391 g/mol. The fourth-order valence-corrected chi connectivity index (χ4v) is 4.02. The summed E-state index contributed by atoms with van der Waals surface area (Å²) in [5.74, 6) is -0.728. The van der Waals surface area contributed by atoms with Crippen LogP contribution in [0.2, 0.25) is 0 Å². The summed E-state index contributed by atoms with van der Waals surface area (Å²) in [5, 5.41) is 0. The van der Waals surface area contributed by atoms with Gasteiger partial charge in [0.05, 0.1) is 4.90 Å². The lowest BCUT2D eigenvalue weighted by Gasteiger charge is -2.16. The third-order valence-corrected chi connectivity index (χ3v) is 5.06. The number of benzene rings is 1. The molecule has 0 saturated heterocycles. The highest BCUT2D eigenvalue weighted by molar-refractivity contribution is 9.09. The first-order valence-corrected chi connectivity index (χ1v) is 8.59. The van der Waals surface area contributed by atoms with Crippen LogP contribution in [0.5, 0.6) is 0 Å². The van der Waals surface area contributed by atoms with Crippen LogP contribution in [0.3, 0.4) is 0 Å². The first kappa shape index (κ1) is 18.4. The first-order valence-electron chi connectivity index (χ1n) is 6.19. The highest BCUT2D eigenvalue weighted by Gasteiger charge is 2.48. The highest BCUT2D eigenvalue weighted by atomic mass is 79.9. The molecule has 8 heteroatoms. The Balaban J connectivity index is 3.24. The van der Waals surface area contributed by atoms with Crippen LogP contribution in [0.15, 0.2) is 23.1 Å². The minimum atomic E-state index is -5.56. The standard InChI is InChI=1S/C13H15BrF4O2S/c1-8(2)5-10(14)6-9-3-4-11(15)7-12(9)21(19,20)13(16,17)18/h3-4,7-8,10H,5-6H2,1-2H3. The van der Waals surface area contributed by atoms with Crippen molar-refractivity contribution < 1.29 is 26.0 Å². The maximum Gasteiger partial charge on any atom is 0.501 e. The molecule has 0 bridgehead atoms. The van der Waals surface area contributed by atoms with E-state index >= 15 is 0 Å². The van der Waals surface area contributed by atoms with Gasteiger partial charge in [0.2, 0.25) is 0 Å². The Morgan fingerprint density at radius 2 is 1.81 bits per heavy atom. The van der Waals surface area contributed by atoms with E-state index in [0.29, 0.717) is 12.5 Å². The summed E-state index contributed by atoms with van der Waals surface area (Å²) in [4.78, 5) is -1.20. The summed E-state index contributed by atoms with van der Waals surface area (Å²) in [6.45, 7) is 3.87. The molecule has 2 nitrogen and oxygen atoms in total. The van der Waals surface area contributed by atoms with Crippen molar-refractivity contribution in [2.24, 2.45) is 5.92 Å². The quantitative estimate of drug-likeness (QED) is 0.548. The maximum atomic E-state index is 13.2. The summed E-state index contributed by atoms with van der Waals surface area (Å²) in [6, 6.07) is 2.47. The molecule has 0 aliphatic carbocycles. The van der Waals surface area contributed by atoms with Crippen molar-refractivity contribution in [2.75, 3.05) is 0 Å². The lowest BCUT2D eigenvalue weighted by atomic mass is 10.0. The van der Waals surface area contributed by atoms with Gasteiger partial charge < -0.3 is 0 Å². The van der Waals surface area contributed by atoms with E-state index < -0.39 is 26.1 Å². The van der Waals surface area contributed by atoms with Gasteiger partial charge in [0.25, 0.3) is 9.84 Å². The molecule has 0 aliphatic heterocycles. The number of hydrogen-bond donors (Lipinski definition) is 0. The molecule has 0 fully saturated rings. The summed E-state index contributed by atoms with van der Waals surface area (Å²) in [7, 11) is -5.56. The number of rotatable bonds is 5. The molecule has 21 heavy (non-hydrogen) atoms. The maximum absolute atomic E-state index is 13.2. The zero-order chi connectivity index (χ0) is 16.4. The molecule has 120 valence electrons. The van der Waals surface area contributed by atoms with E-state index in [2.05, 4.69) is 15.9 Å². The molecular formula is C13H15BrF4O2S. The molecule has 1 aromatic carbocycles. The molecule has 0 aromatic heterocycles. The Kier molecular flexibility index (Phi) is 5.83. The van der Waals surface area contributed by atoms with Gasteiger partial charge in [-0.3, -0.25) is 0 Å². The van der Waals surface area contributed by atoms with Crippen LogP contribution >= 0.6 is 15.9 Å². The van der Waals surface area contributed by atoms with E-state index in [1.165, 1.54) is 0 Å². The molecule has 0 amide bonds. The van der Waals surface area contributed by atoms with Gasteiger partial charge in [-0.1, -0.05) is 35.8 Å². The van der Waals surface area contributed by atoms with Gasteiger partial charge in [0, 0.05) is 4.83 Å². The second-order valence-electron chi connectivity index (χ2n) is 5.13. The largest absolute Gasteiger partial charge is 0.501 e. The predicted octanol–water partition coefficient (Wildman–Crippen LogP) is 4.47. The topological polar surface area (TPSA) is 34.1 Å². The fraction of sp³-hybridized carbons (Fsp3) is 0.538. The summed E-state index contributed by atoms with van der Waals surface area (Å²) in [6.07, 6.45) is 0.728. The highest BCUT2D eigenvalue weighted by Crippen LogP contribution is 2.34. The molecule has 0 spiro atoms. The van der Waals surface area contributed by atoms with E-state index in [4.69, 9.17) is 0 Å². The molecule has 1 atom stereocenters. The molecule has 1 aromatic rings. The van der Waals surface area contributed by atoms with E-state index in [9.17, 15) is 26.0 Å². The second-order valence-corrected chi connectivity index (χ2v) is 8.34. The Labute approximate surface area is 129 Å². The van der Waals surface area contributed by atoms with Crippen LogP contribution in [0, 0.1) is 11.7 Å². The fourth-order valence-electron chi connectivity index (χ4n) is 1.91. The van der Waals surface area contributed by atoms with E-state index in [1.54, 1.807) is 0 Å². The van der Waals surface area contributed by atoms with E-state index in [0.717, 1.165) is 12.1 Å². The van der Waals surface area contributed by atoms with Gasteiger partial charge in [-0.05, 0) is 36.5 Å². The number of halogens is 5. The van der Waals surface area contributed by atoms with Crippen molar-refractivity contribution in [3.05, 3.63) is 29.6 Å². The monoisotopic (exact) mass is 390 g/mol. The van der Waals surface area contributed by atoms with Crippen molar-refractivity contribution in [2.45, 2.75) is 41.9 Å². The Morgan fingerprint density at radius 3 is 2.29 bits per heavy atom. The lowest BCUT2D eigenvalue weighted by molar-refractivity contribution is -0.0436. The number of alkyl halides is 4. The molecule has 0 N–H and O–H groups in total. The summed E-state index contributed by atoms with van der Waals surface area (Å²) >= 11 is 3.32. The minimum absolute atomic E-state index is 0.0451. The van der Waals surface area contributed by atoms with Crippen LogP contribution in [-0.2, 0) is 16.3 Å². The Morgan fingerprint density at radius 1 is 1.24 bits per heavy atom. The molecule has 0 heterocycles. The molecule has 1 unspecified atom stereocenters. The van der Waals surface area contributed by atoms with Crippen LogP contribution in [0.4, 0.5) is 17.6 Å². The van der Waals surface area contributed by atoms with Crippen LogP contribution < -0.4 is 0 Å². The molecule has 0 saturated carbocycles. The van der Waals surface area contributed by atoms with Gasteiger partial charge in [-0.2, -0.15) is 13.2 Å². The third kappa shape index (κ3) is 4.67. The molecule has 0 radical (unpaired) electrons. The first-order chi connectivity index (χ1) is 9.45. The Bertz CT molecular complexity index is 597. The van der Waals surface area contributed by atoms with E-state index in [1.807, 2.05) is 13.8 Å². The van der Waals surface area contributed by atoms with Gasteiger partial charge in [0.15, 0.2) is 0 Å². The van der Waals surface area contributed by atoms with Gasteiger partial charge in [-0.15, -0.1) is 0 Å². The average Bonchev–Trinajstić information content (AvgIpc) is 2.28. The molecule has 0 aliphatic rings. The second kappa shape index (κ2) is 6.64. The Hall–Kier alpha value is -0.630.